The number of benzene rings is 8. The fourth-order valence-corrected chi connectivity index (χ4v) is 15.2. The zero-order valence-electron chi connectivity index (χ0n) is 72.3. The zero-order chi connectivity index (χ0) is 82.7. The molecule has 9 rings (SSSR count). The molecule has 1 saturated heterocycles. The van der Waals surface area contributed by atoms with Crippen LogP contribution in [-0.4, -0.2) is 53.4 Å². The van der Waals surface area contributed by atoms with E-state index >= 15 is 0 Å². The second kappa shape index (κ2) is 44.0. The van der Waals surface area contributed by atoms with Crippen LogP contribution >= 0.6 is 31.9 Å². The molecule has 0 aliphatic carbocycles. The van der Waals surface area contributed by atoms with Crippen molar-refractivity contribution in [3.63, 3.8) is 0 Å². The first-order valence-electron chi connectivity index (χ1n) is 42.3. The highest BCUT2D eigenvalue weighted by Gasteiger charge is 2.52. The molecular formula is C99H134BBr2N3O8. The van der Waals surface area contributed by atoms with Gasteiger partial charge in [-0.25, -0.2) is 14.4 Å². The maximum absolute atomic E-state index is 12.4. The summed E-state index contributed by atoms with van der Waals surface area (Å²) in [5.41, 5.74) is 22.5. The molecule has 14 heteroatoms. The summed E-state index contributed by atoms with van der Waals surface area (Å²) < 4.78 is 31.2. The molecule has 0 saturated carbocycles. The lowest BCUT2D eigenvalue weighted by Gasteiger charge is -2.32. The average Bonchev–Trinajstić information content (AvgIpc) is 1.30. The van der Waals surface area contributed by atoms with Gasteiger partial charge in [-0.2, -0.15) is 0 Å². The molecule has 3 N–H and O–H groups in total. The lowest BCUT2D eigenvalue weighted by molar-refractivity contribution is 0.00578. The number of unbranched alkanes of at least 4 members (excludes halogenated alkanes) is 12. The van der Waals surface area contributed by atoms with Crippen LogP contribution in [-0.2, 0) is 68.5 Å². The van der Waals surface area contributed by atoms with Crippen molar-refractivity contribution in [1.82, 2.24) is 0 Å². The van der Waals surface area contributed by atoms with E-state index in [1.54, 1.807) is 0 Å². The fourth-order valence-electron chi connectivity index (χ4n) is 14.1. The standard InChI is InChI=1S/C56H72N2O4.C25H34BNO4.C18H28Br2/c1-11-15-17-19-21-43-37-52(46-28-34-50(40(14-4)36-46)42-25-31-48(32-26-42)58-54(60)62-56(8,9)10)44(22-20-18-16-12-2)38-51(43)45-27-33-49(39(13-3)35-45)41-23-29-47(30-24-41)57-53(59)61-55(5,6)7;1-9-17-16-19(26-30-24(5,6)25(7,8)31-26)12-15-21(17)18-10-13-20(14-11-18)27-22(28)29-23(2,3)4;1-3-5-7-9-11-15-13-18(20)16(14-17(15)19)12-10-8-6-4-2/h23-38H,11-22H2,1-10H3,(H,57,59)(H,58,60);10-16H,9H2,1-8H3,(H,27,28);13-14H,3-12H2,1-2H3. The summed E-state index contributed by atoms with van der Waals surface area (Å²) in [5, 5.41) is 8.50. The zero-order valence-corrected chi connectivity index (χ0v) is 75.5. The van der Waals surface area contributed by atoms with Crippen LogP contribution in [0.4, 0.5) is 31.4 Å². The topological polar surface area (TPSA) is 133 Å². The first-order chi connectivity index (χ1) is 53.6. The van der Waals surface area contributed by atoms with E-state index in [1.807, 2.05) is 111 Å². The van der Waals surface area contributed by atoms with Gasteiger partial charge in [-0.3, -0.25) is 16.0 Å². The fraction of sp³-hybridized carbons (Fsp3) is 0.485. The van der Waals surface area contributed by atoms with Gasteiger partial charge in [0.25, 0.3) is 0 Å². The number of nitrogens with one attached hydrogen (secondary N) is 3. The van der Waals surface area contributed by atoms with Gasteiger partial charge in [0.2, 0.25) is 0 Å². The molecule has 8 aromatic carbocycles. The SMILES string of the molecule is CCCCCCc1cc(-c2ccc(-c3ccc(NC(=O)OC(C)(C)C)cc3)c(CC)c2)c(CCCCCC)cc1-c1ccc(-c2ccc(NC(=O)OC(C)(C)C)cc2)c(CC)c1.CCCCCCc1cc(Br)c(CCCCCC)cc1Br.CCc1cc(B2OC(C)(C)C(C)(C)O2)ccc1-c1ccc(NC(=O)OC(C)(C)C)cc1. The molecule has 0 bridgehead atoms. The number of carbonyl (C=O) groups excluding carboxylic acids is 3. The van der Waals surface area contributed by atoms with E-state index in [4.69, 9.17) is 23.5 Å². The Balaban J connectivity index is 0.000000284. The third kappa shape index (κ3) is 29.3. The van der Waals surface area contributed by atoms with E-state index in [-0.39, 0.29) is 18.3 Å². The maximum Gasteiger partial charge on any atom is 0.494 e. The number of aryl methyl sites for hydroxylation is 7. The van der Waals surface area contributed by atoms with E-state index < -0.39 is 35.1 Å². The summed E-state index contributed by atoms with van der Waals surface area (Å²) in [6.45, 7) is 40.7. The van der Waals surface area contributed by atoms with Crippen LogP contribution in [0.15, 0.2) is 161 Å². The van der Waals surface area contributed by atoms with Gasteiger partial charge in [-0.05, 0) is 309 Å². The summed E-state index contributed by atoms with van der Waals surface area (Å²) in [4.78, 5) is 36.8. The predicted octanol–water partition coefficient (Wildman–Crippen LogP) is 29.4. The van der Waals surface area contributed by atoms with Crippen molar-refractivity contribution in [2.24, 2.45) is 0 Å². The van der Waals surface area contributed by atoms with Crippen LogP contribution in [0.25, 0.3) is 55.6 Å². The Hall–Kier alpha value is -7.49. The highest BCUT2D eigenvalue weighted by atomic mass is 79.9. The van der Waals surface area contributed by atoms with E-state index in [9.17, 15) is 14.4 Å². The second-order valence-electron chi connectivity index (χ2n) is 34.4. The quantitative estimate of drug-likeness (QED) is 0.0216. The molecular weight excluding hydrogens is 1530 g/mol. The Morgan fingerprint density at radius 3 is 0.885 bits per heavy atom. The molecule has 1 aliphatic heterocycles. The molecule has 1 fully saturated rings. The average molecular weight is 1660 g/mol. The van der Waals surface area contributed by atoms with E-state index in [0.717, 1.165) is 72.7 Å². The molecule has 0 spiro atoms. The van der Waals surface area contributed by atoms with Crippen LogP contribution in [0.5, 0.6) is 0 Å². The summed E-state index contributed by atoms with van der Waals surface area (Å²) in [6.07, 6.45) is 26.1. The van der Waals surface area contributed by atoms with Crippen molar-refractivity contribution in [2.45, 2.75) is 314 Å². The highest BCUT2D eigenvalue weighted by Crippen LogP contribution is 2.41. The Labute approximate surface area is 698 Å². The third-order valence-corrected chi connectivity index (χ3v) is 22.4. The van der Waals surface area contributed by atoms with Gasteiger partial charge < -0.3 is 23.5 Å². The lowest BCUT2D eigenvalue weighted by Crippen LogP contribution is -2.41. The van der Waals surface area contributed by atoms with Gasteiger partial charge in [0.05, 0.1) is 11.2 Å². The van der Waals surface area contributed by atoms with Crippen molar-refractivity contribution in [1.29, 1.82) is 0 Å². The van der Waals surface area contributed by atoms with Crippen molar-refractivity contribution in [2.75, 3.05) is 16.0 Å². The number of amides is 3. The summed E-state index contributed by atoms with van der Waals surface area (Å²) in [5.74, 6) is 0. The number of ether oxygens (including phenoxy) is 3. The van der Waals surface area contributed by atoms with Crippen LogP contribution in [0.1, 0.15) is 280 Å². The summed E-state index contributed by atoms with van der Waals surface area (Å²) in [7, 11) is -0.371. The second-order valence-corrected chi connectivity index (χ2v) is 36.1. The lowest BCUT2D eigenvalue weighted by atomic mass is 9.77. The number of hydrogen-bond donors (Lipinski definition) is 3. The highest BCUT2D eigenvalue weighted by molar-refractivity contribution is 9.11. The first kappa shape index (κ1) is 92.7. The Kier molecular flexibility index (Phi) is 36.1. The van der Waals surface area contributed by atoms with E-state index in [0.29, 0.717) is 17.1 Å². The molecule has 11 nitrogen and oxygen atoms in total. The molecule has 0 atom stereocenters. The Morgan fingerprint density at radius 2 is 0.602 bits per heavy atom. The number of rotatable bonds is 32. The number of anilines is 3. The van der Waals surface area contributed by atoms with Crippen LogP contribution < -0.4 is 21.4 Å². The first-order valence-corrected chi connectivity index (χ1v) is 43.9. The van der Waals surface area contributed by atoms with Gasteiger partial charge in [0, 0.05) is 26.0 Å². The van der Waals surface area contributed by atoms with Crippen LogP contribution in [0.2, 0.25) is 0 Å². The molecule has 0 unspecified atom stereocenters. The summed E-state index contributed by atoms with van der Waals surface area (Å²) >= 11 is 7.50. The van der Waals surface area contributed by atoms with Gasteiger partial charge in [0.1, 0.15) is 16.8 Å². The predicted molar refractivity (Wildman–Crippen MR) is 487 cm³/mol. The minimum Gasteiger partial charge on any atom is -0.444 e. The monoisotopic (exact) mass is 1660 g/mol. The molecule has 610 valence electrons. The van der Waals surface area contributed by atoms with Gasteiger partial charge in [0.15, 0.2) is 0 Å². The van der Waals surface area contributed by atoms with Crippen LogP contribution in [0.3, 0.4) is 0 Å². The van der Waals surface area contributed by atoms with Gasteiger partial charge >= 0.3 is 25.4 Å². The van der Waals surface area contributed by atoms with Crippen molar-refractivity contribution < 1.29 is 37.9 Å². The molecule has 8 aromatic rings. The van der Waals surface area contributed by atoms with Crippen molar-refractivity contribution >= 4 is 79.8 Å². The normalized spacial score (nSPS) is 13.1. The number of carbonyl (C=O) groups is 3. The Bertz CT molecular complexity index is 4120. The largest absolute Gasteiger partial charge is 0.494 e. The molecule has 113 heavy (non-hydrogen) atoms. The van der Waals surface area contributed by atoms with E-state index in [1.165, 1.54) is 184 Å². The van der Waals surface area contributed by atoms with Gasteiger partial charge in [-0.1, -0.05) is 261 Å². The molecule has 1 aliphatic rings. The van der Waals surface area contributed by atoms with E-state index in [2.05, 4.69) is 227 Å². The minimum absolute atomic E-state index is 0.361. The van der Waals surface area contributed by atoms with Crippen LogP contribution in [0, 0.1) is 0 Å². The minimum atomic E-state index is -0.557. The smallest absolute Gasteiger partial charge is 0.444 e. The maximum atomic E-state index is 12.4. The van der Waals surface area contributed by atoms with Gasteiger partial charge in [-0.15, -0.1) is 0 Å². The molecule has 0 aromatic heterocycles. The third-order valence-electron chi connectivity index (χ3n) is 20.9. The Morgan fingerprint density at radius 1 is 0.327 bits per heavy atom. The molecule has 0 radical (unpaired) electrons. The molecule has 1 heterocycles. The number of halogens is 2. The molecule has 3 amide bonds. The number of hydrogen-bond acceptors (Lipinski definition) is 8. The van der Waals surface area contributed by atoms with Crippen molar-refractivity contribution in [3.05, 3.63) is 200 Å². The van der Waals surface area contributed by atoms with Crippen molar-refractivity contribution in [3.8, 4) is 55.6 Å². The summed E-state index contributed by atoms with van der Waals surface area (Å²) in [6, 6.07) is 54.0.